The summed E-state index contributed by atoms with van der Waals surface area (Å²) in [6, 6.07) is 1.86. The summed E-state index contributed by atoms with van der Waals surface area (Å²) < 4.78 is 1.73. The van der Waals surface area contributed by atoms with Crippen molar-refractivity contribution in [2.75, 3.05) is 27.2 Å². The fraction of sp³-hybridized carbons (Fsp3) is 0.462. The van der Waals surface area contributed by atoms with Crippen molar-refractivity contribution in [2.45, 2.75) is 6.92 Å². The van der Waals surface area contributed by atoms with Gasteiger partial charge in [-0.25, -0.2) is 4.98 Å². The molecule has 6 nitrogen and oxygen atoms in total. The quantitative estimate of drug-likeness (QED) is 0.874. The van der Waals surface area contributed by atoms with Crippen LogP contribution < -0.4 is 5.32 Å². The molecule has 0 fully saturated rings. The third-order valence-electron chi connectivity index (χ3n) is 3.15. The van der Waals surface area contributed by atoms with Crippen molar-refractivity contribution in [3.63, 3.8) is 0 Å². The molecule has 2 aromatic rings. The number of amides is 1. The van der Waals surface area contributed by atoms with E-state index in [-0.39, 0.29) is 5.91 Å². The van der Waals surface area contributed by atoms with Gasteiger partial charge in [0.15, 0.2) is 5.65 Å². The molecule has 0 aromatic carbocycles. The maximum atomic E-state index is 12.2. The Labute approximate surface area is 112 Å². The topological polar surface area (TPSA) is 63.1 Å². The maximum absolute atomic E-state index is 12.2. The highest BCUT2D eigenvalue weighted by Crippen LogP contribution is 2.17. The molecule has 0 unspecified atom stereocenters. The molecule has 102 valence electrons. The van der Waals surface area contributed by atoms with Gasteiger partial charge in [-0.15, -0.1) is 0 Å². The van der Waals surface area contributed by atoms with Crippen molar-refractivity contribution in [3.05, 3.63) is 23.5 Å². The summed E-state index contributed by atoms with van der Waals surface area (Å²) in [4.78, 5) is 18.3. The van der Waals surface area contributed by atoms with Gasteiger partial charge in [0.05, 0.1) is 11.3 Å². The molecule has 2 heterocycles. The van der Waals surface area contributed by atoms with E-state index in [1.807, 2.05) is 27.1 Å². The number of hydrogen-bond donors (Lipinski definition) is 1. The zero-order valence-electron chi connectivity index (χ0n) is 11.8. The number of nitrogens with zero attached hydrogens (tertiary/aromatic N) is 4. The number of pyridine rings is 1. The molecule has 0 atom stereocenters. The Bertz CT molecular complexity index is 604. The van der Waals surface area contributed by atoms with Gasteiger partial charge in [-0.1, -0.05) is 0 Å². The van der Waals surface area contributed by atoms with Crippen molar-refractivity contribution < 1.29 is 4.79 Å². The molecule has 0 radical (unpaired) electrons. The summed E-state index contributed by atoms with van der Waals surface area (Å²) in [5, 5.41) is 8.25. The minimum absolute atomic E-state index is 0.0205. The number of fused-ring (bicyclic) bond motifs is 1. The monoisotopic (exact) mass is 261 g/mol. The SMILES string of the molecule is CNCCN(C)C(=O)c1cnc2c(c1)c(C)nn2C. The Balaban J connectivity index is 2.30. The fourth-order valence-electron chi connectivity index (χ4n) is 2.03. The molecule has 2 aromatic heterocycles. The summed E-state index contributed by atoms with van der Waals surface area (Å²) in [5.74, 6) is -0.0205. The lowest BCUT2D eigenvalue weighted by atomic mass is 10.2. The Morgan fingerprint density at radius 2 is 2.26 bits per heavy atom. The molecule has 6 heteroatoms. The molecule has 1 N–H and O–H groups in total. The van der Waals surface area contributed by atoms with Gasteiger partial charge in [0.2, 0.25) is 0 Å². The van der Waals surface area contributed by atoms with E-state index >= 15 is 0 Å². The molecule has 0 spiro atoms. The van der Waals surface area contributed by atoms with Gasteiger partial charge >= 0.3 is 0 Å². The second kappa shape index (κ2) is 5.36. The number of carbonyl (C=O) groups excluding carboxylic acids is 1. The smallest absolute Gasteiger partial charge is 0.255 e. The van der Waals surface area contributed by atoms with Crippen LogP contribution in [0.1, 0.15) is 16.1 Å². The van der Waals surface area contributed by atoms with Crippen molar-refractivity contribution >= 4 is 16.9 Å². The highest BCUT2D eigenvalue weighted by atomic mass is 16.2. The van der Waals surface area contributed by atoms with E-state index in [4.69, 9.17) is 0 Å². The minimum Gasteiger partial charge on any atom is -0.340 e. The van der Waals surface area contributed by atoms with Crippen LogP contribution in [0.2, 0.25) is 0 Å². The van der Waals surface area contributed by atoms with Crippen LogP contribution >= 0.6 is 0 Å². The molecule has 0 bridgehead atoms. The van der Waals surface area contributed by atoms with Gasteiger partial charge < -0.3 is 10.2 Å². The van der Waals surface area contributed by atoms with Crippen LogP contribution in [0.4, 0.5) is 0 Å². The van der Waals surface area contributed by atoms with E-state index in [9.17, 15) is 4.79 Å². The maximum Gasteiger partial charge on any atom is 0.255 e. The average molecular weight is 261 g/mol. The Morgan fingerprint density at radius 1 is 1.53 bits per heavy atom. The van der Waals surface area contributed by atoms with Crippen molar-refractivity contribution in [2.24, 2.45) is 7.05 Å². The van der Waals surface area contributed by atoms with Gasteiger partial charge in [-0.2, -0.15) is 5.10 Å². The highest BCUT2D eigenvalue weighted by molar-refractivity contribution is 5.97. The van der Waals surface area contributed by atoms with Crippen LogP contribution in [0.3, 0.4) is 0 Å². The molecule has 1 amide bonds. The van der Waals surface area contributed by atoms with Gasteiger partial charge in [-0.05, 0) is 20.0 Å². The molecule has 0 saturated carbocycles. The number of rotatable bonds is 4. The third-order valence-corrected chi connectivity index (χ3v) is 3.15. The number of aromatic nitrogens is 3. The fourth-order valence-corrected chi connectivity index (χ4v) is 2.03. The number of carbonyl (C=O) groups is 1. The minimum atomic E-state index is -0.0205. The first kappa shape index (κ1) is 13.5. The van der Waals surface area contributed by atoms with Crippen LogP contribution in [0.25, 0.3) is 11.0 Å². The zero-order valence-corrected chi connectivity index (χ0v) is 11.8. The van der Waals surface area contributed by atoms with E-state index in [1.165, 1.54) is 0 Å². The molecule has 0 aliphatic carbocycles. The summed E-state index contributed by atoms with van der Waals surface area (Å²) >= 11 is 0. The van der Waals surface area contributed by atoms with Crippen molar-refractivity contribution in [1.29, 1.82) is 0 Å². The van der Waals surface area contributed by atoms with Crippen LogP contribution in [0.5, 0.6) is 0 Å². The van der Waals surface area contributed by atoms with Gasteiger partial charge in [-0.3, -0.25) is 9.48 Å². The summed E-state index contributed by atoms with van der Waals surface area (Å²) in [6.45, 7) is 3.35. The summed E-state index contributed by atoms with van der Waals surface area (Å²) in [6.07, 6.45) is 1.61. The first-order valence-electron chi connectivity index (χ1n) is 6.24. The predicted octanol–water partition coefficient (Wildman–Crippen LogP) is 0.568. The Kier molecular flexibility index (Phi) is 3.80. The standard InChI is InChI=1S/C13H19N5O/c1-9-11-7-10(8-15-12(11)18(4)16-9)13(19)17(3)6-5-14-2/h7-8,14H,5-6H2,1-4H3. The van der Waals surface area contributed by atoms with Gasteiger partial charge in [0.1, 0.15) is 0 Å². The molecule has 19 heavy (non-hydrogen) atoms. The van der Waals surface area contributed by atoms with Gasteiger partial charge in [0.25, 0.3) is 5.91 Å². The lowest BCUT2D eigenvalue weighted by Gasteiger charge is -2.16. The van der Waals surface area contributed by atoms with Crippen molar-refractivity contribution in [3.8, 4) is 0 Å². The molecule has 0 aliphatic heterocycles. The molecular formula is C13H19N5O. The van der Waals surface area contributed by atoms with Crippen LogP contribution in [0.15, 0.2) is 12.3 Å². The largest absolute Gasteiger partial charge is 0.340 e. The van der Waals surface area contributed by atoms with Crippen molar-refractivity contribution in [1.82, 2.24) is 25.0 Å². The van der Waals surface area contributed by atoms with E-state index in [0.717, 1.165) is 23.3 Å². The Hall–Kier alpha value is -1.95. The Morgan fingerprint density at radius 3 is 2.95 bits per heavy atom. The van der Waals surface area contributed by atoms with E-state index in [2.05, 4.69) is 15.4 Å². The highest BCUT2D eigenvalue weighted by Gasteiger charge is 2.14. The third kappa shape index (κ3) is 2.58. The molecular weight excluding hydrogens is 242 g/mol. The van der Waals surface area contributed by atoms with Gasteiger partial charge in [0, 0.05) is 38.8 Å². The number of hydrogen-bond acceptors (Lipinski definition) is 4. The summed E-state index contributed by atoms with van der Waals surface area (Å²) in [7, 11) is 5.51. The van der Waals surface area contributed by atoms with Crippen LogP contribution in [-0.4, -0.2) is 52.8 Å². The number of nitrogens with one attached hydrogen (secondary N) is 1. The predicted molar refractivity (Wildman–Crippen MR) is 74.1 cm³/mol. The van der Waals surface area contributed by atoms with E-state index < -0.39 is 0 Å². The van der Waals surface area contributed by atoms with Crippen LogP contribution in [-0.2, 0) is 7.05 Å². The second-order valence-corrected chi connectivity index (χ2v) is 4.63. The molecule has 0 saturated heterocycles. The lowest BCUT2D eigenvalue weighted by Crippen LogP contribution is -2.32. The first-order valence-corrected chi connectivity index (χ1v) is 6.24. The number of likely N-dealkylation sites (N-methyl/N-ethyl adjacent to an activating group) is 2. The normalized spacial score (nSPS) is 10.9. The molecule has 0 aliphatic rings. The van der Waals surface area contributed by atoms with E-state index in [1.54, 1.807) is 22.8 Å². The van der Waals surface area contributed by atoms with E-state index in [0.29, 0.717) is 12.1 Å². The number of aryl methyl sites for hydroxylation is 2. The lowest BCUT2D eigenvalue weighted by molar-refractivity contribution is 0.0796. The zero-order chi connectivity index (χ0) is 14.0. The molecule has 2 rings (SSSR count). The first-order chi connectivity index (χ1) is 9.04. The average Bonchev–Trinajstić information content (AvgIpc) is 2.70. The second-order valence-electron chi connectivity index (χ2n) is 4.63. The van der Waals surface area contributed by atoms with Crippen LogP contribution in [0, 0.1) is 6.92 Å². The summed E-state index contributed by atoms with van der Waals surface area (Å²) in [5.41, 5.74) is 2.28.